The van der Waals surface area contributed by atoms with Gasteiger partial charge in [0.15, 0.2) is 10.6 Å². The maximum Gasteiger partial charge on any atom is 0.240 e. The first-order chi connectivity index (χ1) is 12.7. The fraction of sp³-hybridized carbons (Fsp3) is 0.526. The Morgan fingerprint density at radius 1 is 1.31 bits per heavy atom. The van der Waals surface area contributed by atoms with E-state index in [0.717, 1.165) is 35.0 Å². The minimum atomic E-state index is 0.0241. The number of aromatic nitrogens is 3. The number of ether oxygens (including phenoxy) is 1. The van der Waals surface area contributed by atoms with Gasteiger partial charge in [0.05, 0.1) is 7.11 Å². The van der Waals surface area contributed by atoms with E-state index in [1.54, 1.807) is 11.7 Å². The van der Waals surface area contributed by atoms with Crippen molar-refractivity contribution in [1.82, 2.24) is 20.1 Å². The van der Waals surface area contributed by atoms with Crippen LogP contribution in [0.15, 0.2) is 24.3 Å². The number of hydrogen-bond donors (Lipinski definition) is 2. The molecule has 7 heteroatoms. The fourth-order valence-corrected chi connectivity index (χ4v) is 5.52. The maximum atomic E-state index is 12.6. The molecule has 0 unspecified atom stereocenters. The fourth-order valence-electron chi connectivity index (χ4n) is 5.32. The van der Waals surface area contributed by atoms with E-state index < -0.39 is 0 Å². The molecule has 1 amide bonds. The van der Waals surface area contributed by atoms with Gasteiger partial charge in [0, 0.05) is 11.6 Å². The van der Waals surface area contributed by atoms with Crippen LogP contribution in [-0.2, 0) is 11.3 Å². The Morgan fingerprint density at radius 2 is 2.00 bits per heavy atom. The molecule has 4 atom stereocenters. The zero-order valence-electron chi connectivity index (χ0n) is 14.6. The maximum absolute atomic E-state index is 12.6. The summed E-state index contributed by atoms with van der Waals surface area (Å²) in [6, 6.07) is 7.97. The lowest BCUT2D eigenvalue weighted by Crippen LogP contribution is -2.33. The first-order valence-electron chi connectivity index (χ1n) is 9.24. The highest BCUT2D eigenvalue weighted by Crippen LogP contribution is 2.65. The van der Waals surface area contributed by atoms with E-state index in [4.69, 9.17) is 17.0 Å². The van der Waals surface area contributed by atoms with Crippen LogP contribution in [0.3, 0.4) is 0 Å². The largest absolute Gasteiger partial charge is 0.497 e. The molecule has 1 heterocycles. The lowest BCUT2D eigenvalue weighted by molar-refractivity contribution is -0.122. The van der Waals surface area contributed by atoms with Crippen molar-refractivity contribution in [3.8, 4) is 17.1 Å². The molecule has 0 radical (unpaired) electrons. The van der Waals surface area contributed by atoms with Crippen molar-refractivity contribution in [3.05, 3.63) is 29.0 Å². The molecule has 6 nitrogen and oxygen atoms in total. The van der Waals surface area contributed by atoms with Crippen molar-refractivity contribution in [2.75, 3.05) is 7.11 Å². The van der Waals surface area contributed by atoms with Gasteiger partial charge in [-0.2, -0.15) is 5.10 Å². The van der Waals surface area contributed by atoms with E-state index >= 15 is 0 Å². The first kappa shape index (κ1) is 16.1. The van der Waals surface area contributed by atoms with Crippen molar-refractivity contribution < 1.29 is 9.53 Å². The third kappa shape index (κ3) is 2.48. The summed E-state index contributed by atoms with van der Waals surface area (Å²) in [6.07, 6.45) is 4.09. The zero-order valence-corrected chi connectivity index (χ0v) is 15.5. The predicted octanol–water partition coefficient (Wildman–Crippen LogP) is 2.78. The van der Waals surface area contributed by atoms with Crippen LogP contribution in [0, 0.1) is 28.4 Å². The number of carbonyl (C=O) groups is 1. The normalized spacial score (nSPS) is 30.9. The Balaban J connectivity index is 1.30. The van der Waals surface area contributed by atoms with E-state index in [2.05, 4.69) is 15.5 Å². The molecule has 0 aliphatic heterocycles. The van der Waals surface area contributed by atoms with Crippen LogP contribution in [0.2, 0.25) is 0 Å². The number of rotatable bonds is 5. The summed E-state index contributed by atoms with van der Waals surface area (Å²) < 4.78 is 7.42. The Labute approximate surface area is 156 Å². The Bertz CT molecular complexity index is 887. The van der Waals surface area contributed by atoms with Gasteiger partial charge >= 0.3 is 0 Å². The second-order valence-electron chi connectivity index (χ2n) is 7.75. The van der Waals surface area contributed by atoms with Gasteiger partial charge in [-0.25, -0.2) is 0 Å². The standard InChI is InChI=1S/C19H22N4O2S/c1-25-13-6-4-10(5-7-13)18-21-22-19(26)23(18)9-14(24)20-17-15-11-2-3-12(8-11)16(15)17/h4-7,11-12,15-17H,2-3,8-9H2,1H3,(H,20,24)(H,22,26)/t11-,12-,15-,16-/m0/s1. The van der Waals surface area contributed by atoms with Gasteiger partial charge in [0.2, 0.25) is 5.91 Å². The van der Waals surface area contributed by atoms with Crippen molar-refractivity contribution >= 4 is 18.1 Å². The quantitative estimate of drug-likeness (QED) is 0.794. The molecule has 3 aliphatic rings. The topological polar surface area (TPSA) is 71.9 Å². The SMILES string of the molecule is COc1ccc(-c2n[nH]c(=S)n2CC(=O)NC2[C@H]3[C@H]4CC[C@@H](C4)[C@H]23)cc1. The van der Waals surface area contributed by atoms with E-state index in [-0.39, 0.29) is 12.5 Å². The molecule has 3 saturated carbocycles. The molecule has 3 fully saturated rings. The highest BCUT2D eigenvalue weighted by atomic mass is 32.1. The highest BCUT2D eigenvalue weighted by Gasteiger charge is 2.65. The number of nitrogens with zero attached hydrogens (tertiary/aromatic N) is 2. The first-order valence-corrected chi connectivity index (χ1v) is 9.65. The number of carbonyl (C=O) groups excluding carboxylic acids is 1. The summed E-state index contributed by atoms with van der Waals surface area (Å²) in [6.45, 7) is 0.196. The second kappa shape index (κ2) is 5.94. The molecule has 2 bridgehead atoms. The average Bonchev–Trinajstić information content (AvgIpc) is 2.98. The molecule has 1 aromatic carbocycles. The van der Waals surface area contributed by atoms with E-state index in [1.807, 2.05) is 24.3 Å². The second-order valence-corrected chi connectivity index (χ2v) is 8.13. The van der Waals surface area contributed by atoms with E-state index in [9.17, 15) is 4.79 Å². The Kier molecular flexibility index (Phi) is 3.67. The minimum absolute atomic E-state index is 0.0241. The number of amides is 1. The summed E-state index contributed by atoms with van der Waals surface area (Å²) in [4.78, 5) is 12.6. The molecule has 0 spiro atoms. The van der Waals surface area contributed by atoms with E-state index in [0.29, 0.717) is 16.6 Å². The summed E-state index contributed by atoms with van der Waals surface area (Å²) in [5.74, 6) is 4.64. The predicted molar refractivity (Wildman–Crippen MR) is 99.1 cm³/mol. The van der Waals surface area contributed by atoms with Gasteiger partial charge in [-0.3, -0.25) is 14.5 Å². The number of fused-ring (bicyclic) bond motifs is 5. The molecular weight excluding hydrogens is 348 g/mol. The molecular formula is C19H22N4O2S. The molecule has 26 heavy (non-hydrogen) atoms. The molecule has 2 N–H and O–H groups in total. The lowest BCUT2D eigenvalue weighted by Gasteiger charge is -2.12. The third-order valence-corrected chi connectivity index (χ3v) is 6.78. The highest BCUT2D eigenvalue weighted by molar-refractivity contribution is 7.71. The van der Waals surface area contributed by atoms with Gasteiger partial charge in [-0.15, -0.1) is 0 Å². The van der Waals surface area contributed by atoms with Crippen LogP contribution >= 0.6 is 12.2 Å². The average molecular weight is 370 g/mol. The zero-order chi connectivity index (χ0) is 17.8. The van der Waals surface area contributed by atoms with E-state index in [1.165, 1.54) is 19.3 Å². The third-order valence-electron chi connectivity index (χ3n) is 6.47. The molecule has 0 saturated heterocycles. The summed E-state index contributed by atoms with van der Waals surface area (Å²) in [5, 5.41) is 10.4. The summed E-state index contributed by atoms with van der Waals surface area (Å²) >= 11 is 5.34. The lowest BCUT2D eigenvalue weighted by atomic mass is 10.0. The van der Waals surface area contributed by atoms with Crippen LogP contribution in [0.25, 0.3) is 11.4 Å². The Hall–Kier alpha value is -2.15. The van der Waals surface area contributed by atoms with Gasteiger partial charge < -0.3 is 10.1 Å². The minimum Gasteiger partial charge on any atom is -0.497 e. The number of H-pyrrole nitrogens is 1. The smallest absolute Gasteiger partial charge is 0.240 e. The van der Waals surface area contributed by atoms with Crippen molar-refractivity contribution in [3.63, 3.8) is 0 Å². The molecule has 5 rings (SSSR count). The van der Waals surface area contributed by atoms with Crippen molar-refractivity contribution in [2.24, 2.45) is 23.7 Å². The van der Waals surface area contributed by atoms with Gasteiger partial charge in [0.25, 0.3) is 0 Å². The summed E-state index contributed by atoms with van der Waals surface area (Å²) in [5.41, 5.74) is 0.896. The van der Waals surface area contributed by atoms with Crippen LogP contribution in [0.4, 0.5) is 0 Å². The number of hydrogen-bond acceptors (Lipinski definition) is 4. The van der Waals surface area contributed by atoms with Gasteiger partial charge in [-0.05, 0) is 79.4 Å². The van der Waals surface area contributed by atoms with Crippen molar-refractivity contribution in [1.29, 1.82) is 0 Å². The molecule has 136 valence electrons. The monoisotopic (exact) mass is 370 g/mol. The summed E-state index contributed by atoms with van der Waals surface area (Å²) in [7, 11) is 1.63. The number of nitrogens with one attached hydrogen (secondary N) is 2. The number of aromatic amines is 1. The van der Waals surface area contributed by atoms with Gasteiger partial charge in [-0.1, -0.05) is 0 Å². The van der Waals surface area contributed by atoms with Crippen molar-refractivity contribution in [2.45, 2.75) is 31.8 Å². The van der Waals surface area contributed by atoms with Gasteiger partial charge in [0.1, 0.15) is 12.3 Å². The number of benzene rings is 1. The van der Waals surface area contributed by atoms with Crippen LogP contribution < -0.4 is 10.1 Å². The Morgan fingerprint density at radius 3 is 2.65 bits per heavy atom. The molecule has 3 aliphatic carbocycles. The van der Waals surface area contributed by atoms with Crippen LogP contribution in [0.5, 0.6) is 5.75 Å². The molecule has 1 aromatic heterocycles. The number of methoxy groups -OCH3 is 1. The van der Waals surface area contributed by atoms with Crippen LogP contribution in [-0.4, -0.2) is 33.8 Å². The van der Waals surface area contributed by atoms with Crippen LogP contribution in [0.1, 0.15) is 19.3 Å². The molecule has 2 aromatic rings.